The van der Waals surface area contributed by atoms with Crippen LogP contribution in [0.1, 0.15) is 11.1 Å². The second-order valence-corrected chi connectivity index (χ2v) is 5.84. The van der Waals surface area contributed by atoms with Gasteiger partial charge in [-0.1, -0.05) is 0 Å². The highest BCUT2D eigenvalue weighted by Gasteiger charge is 2.10. The molecular weight excluding hydrogens is 341 g/mol. The van der Waals surface area contributed by atoms with Crippen LogP contribution >= 0.6 is 28.1 Å². The monoisotopic (exact) mass is 351 g/mol. The van der Waals surface area contributed by atoms with Crippen molar-refractivity contribution < 1.29 is 4.39 Å². The minimum absolute atomic E-state index is 0.305. The number of rotatable bonds is 2. The lowest BCUT2D eigenvalue weighted by Gasteiger charge is -2.07. The van der Waals surface area contributed by atoms with Crippen LogP contribution in [-0.2, 0) is 6.54 Å². The van der Waals surface area contributed by atoms with Crippen LogP contribution in [-0.4, -0.2) is 14.5 Å². The van der Waals surface area contributed by atoms with E-state index in [1.807, 2.05) is 23.8 Å². The molecule has 0 saturated carbocycles. The highest BCUT2D eigenvalue weighted by molar-refractivity contribution is 9.10. The molecule has 0 aliphatic rings. The van der Waals surface area contributed by atoms with Crippen molar-refractivity contribution >= 4 is 39.2 Å². The van der Waals surface area contributed by atoms with Gasteiger partial charge in [-0.05, 0) is 58.3 Å². The summed E-state index contributed by atoms with van der Waals surface area (Å²) in [6, 6.07) is 5.16. The molecule has 2 aromatic heterocycles. The molecule has 0 spiro atoms. The van der Waals surface area contributed by atoms with E-state index in [9.17, 15) is 4.39 Å². The van der Waals surface area contributed by atoms with Gasteiger partial charge < -0.3 is 9.55 Å². The van der Waals surface area contributed by atoms with Crippen LogP contribution in [0.4, 0.5) is 4.39 Å². The van der Waals surface area contributed by atoms with Gasteiger partial charge in [-0.2, -0.15) is 0 Å². The summed E-state index contributed by atoms with van der Waals surface area (Å²) in [6.07, 6.45) is 3.58. The van der Waals surface area contributed by atoms with Crippen LogP contribution in [0.3, 0.4) is 0 Å². The fourth-order valence-corrected chi connectivity index (χ4v) is 2.76. The van der Waals surface area contributed by atoms with E-state index in [1.165, 1.54) is 6.07 Å². The number of imidazole rings is 1. The molecule has 0 unspecified atom stereocenters. The quantitative estimate of drug-likeness (QED) is 0.696. The van der Waals surface area contributed by atoms with Gasteiger partial charge in [0.05, 0.1) is 22.1 Å². The van der Waals surface area contributed by atoms with Gasteiger partial charge in [0.1, 0.15) is 5.82 Å². The summed E-state index contributed by atoms with van der Waals surface area (Å²) in [6.45, 7) is 2.64. The summed E-state index contributed by atoms with van der Waals surface area (Å²) in [5.41, 5.74) is 3.81. The minimum Gasteiger partial charge on any atom is -0.330 e. The van der Waals surface area contributed by atoms with E-state index in [2.05, 4.69) is 25.9 Å². The number of benzene rings is 1. The maximum atomic E-state index is 13.6. The first-order valence-corrected chi connectivity index (χ1v) is 7.23. The van der Waals surface area contributed by atoms with Gasteiger partial charge in [-0.3, -0.25) is 4.98 Å². The molecule has 1 N–H and O–H groups in total. The zero-order valence-electron chi connectivity index (χ0n) is 10.7. The molecule has 3 rings (SSSR count). The van der Waals surface area contributed by atoms with Crippen molar-refractivity contribution in [3.63, 3.8) is 0 Å². The molecule has 0 fully saturated rings. The fraction of sp³-hybridized carbons (Fsp3) is 0.143. The van der Waals surface area contributed by atoms with Gasteiger partial charge in [0.15, 0.2) is 4.77 Å². The fourth-order valence-electron chi connectivity index (χ4n) is 2.16. The molecule has 20 heavy (non-hydrogen) atoms. The molecule has 0 aliphatic heterocycles. The maximum absolute atomic E-state index is 13.6. The zero-order chi connectivity index (χ0) is 14.3. The summed E-state index contributed by atoms with van der Waals surface area (Å²) in [5, 5.41) is 0. The Morgan fingerprint density at radius 2 is 2.25 bits per heavy atom. The predicted octanol–water partition coefficient (Wildman–Crippen LogP) is 4.35. The lowest BCUT2D eigenvalue weighted by molar-refractivity contribution is 0.622. The lowest BCUT2D eigenvalue weighted by Crippen LogP contribution is -2.02. The Bertz CT molecular complexity index is 853. The molecule has 6 heteroatoms. The van der Waals surface area contributed by atoms with E-state index in [-0.39, 0.29) is 5.82 Å². The average Bonchev–Trinajstić information content (AvgIpc) is 2.69. The Labute approximate surface area is 128 Å². The van der Waals surface area contributed by atoms with E-state index >= 15 is 0 Å². The largest absolute Gasteiger partial charge is 0.330 e. The molecule has 0 saturated heterocycles. The van der Waals surface area contributed by atoms with Crippen LogP contribution in [0, 0.1) is 17.5 Å². The van der Waals surface area contributed by atoms with E-state index in [1.54, 1.807) is 12.3 Å². The summed E-state index contributed by atoms with van der Waals surface area (Å²) >= 11 is 8.55. The molecule has 3 aromatic rings. The Morgan fingerprint density at radius 1 is 1.45 bits per heavy atom. The molecule has 2 heterocycles. The Balaban J connectivity index is 2.17. The van der Waals surface area contributed by atoms with Crippen molar-refractivity contribution in [3.8, 4) is 0 Å². The van der Waals surface area contributed by atoms with Gasteiger partial charge in [0, 0.05) is 18.5 Å². The minimum atomic E-state index is -0.305. The highest BCUT2D eigenvalue weighted by atomic mass is 79.9. The standard InChI is InChI=1S/C14H11BrFN3S/c1-8-6-17-3-2-9(8)7-19-13-4-10(15)11(16)5-12(13)18-14(19)20/h2-6H,7H2,1H3,(H,18,20). The molecule has 0 aliphatic carbocycles. The number of aromatic amines is 1. The molecule has 3 nitrogen and oxygen atoms in total. The number of pyridine rings is 1. The van der Waals surface area contributed by atoms with Crippen molar-refractivity contribution in [2.24, 2.45) is 0 Å². The SMILES string of the molecule is Cc1cnccc1Cn1c(=S)[nH]c2cc(F)c(Br)cc21. The van der Waals surface area contributed by atoms with E-state index in [0.717, 1.165) is 16.6 Å². The first-order valence-electron chi connectivity index (χ1n) is 6.03. The summed E-state index contributed by atoms with van der Waals surface area (Å²) in [5.74, 6) is -0.305. The number of nitrogens with zero attached hydrogens (tertiary/aromatic N) is 2. The number of nitrogens with one attached hydrogen (secondary N) is 1. The van der Waals surface area contributed by atoms with Crippen LogP contribution in [0.5, 0.6) is 0 Å². The second-order valence-electron chi connectivity index (χ2n) is 4.60. The third-order valence-corrected chi connectivity index (χ3v) is 4.21. The number of fused-ring (bicyclic) bond motifs is 1. The zero-order valence-corrected chi connectivity index (χ0v) is 13.1. The number of aromatic nitrogens is 3. The summed E-state index contributed by atoms with van der Waals surface area (Å²) in [7, 11) is 0. The second kappa shape index (κ2) is 5.10. The molecule has 0 atom stereocenters. The van der Waals surface area contributed by atoms with Crippen molar-refractivity contribution in [3.05, 3.63) is 56.8 Å². The van der Waals surface area contributed by atoms with Crippen molar-refractivity contribution in [2.75, 3.05) is 0 Å². The lowest BCUT2D eigenvalue weighted by atomic mass is 10.1. The Kier molecular flexibility index (Phi) is 3.43. The summed E-state index contributed by atoms with van der Waals surface area (Å²) in [4.78, 5) is 7.12. The molecular formula is C14H11BrFN3S. The molecule has 0 bridgehead atoms. The number of aryl methyl sites for hydroxylation is 1. The Hall–Kier alpha value is -1.53. The topological polar surface area (TPSA) is 33.6 Å². The third kappa shape index (κ3) is 2.29. The first kappa shape index (κ1) is 13.5. The van der Waals surface area contributed by atoms with Gasteiger partial charge >= 0.3 is 0 Å². The van der Waals surface area contributed by atoms with Crippen molar-refractivity contribution in [1.29, 1.82) is 0 Å². The predicted molar refractivity (Wildman–Crippen MR) is 82.9 cm³/mol. The third-order valence-electron chi connectivity index (χ3n) is 3.28. The number of halogens is 2. The average molecular weight is 352 g/mol. The summed E-state index contributed by atoms with van der Waals surface area (Å²) < 4.78 is 16.5. The molecule has 1 aromatic carbocycles. The number of hydrogen-bond acceptors (Lipinski definition) is 2. The normalized spacial score (nSPS) is 11.2. The van der Waals surface area contributed by atoms with Crippen LogP contribution in [0.25, 0.3) is 11.0 Å². The van der Waals surface area contributed by atoms with Gasteiger partial charge in [0.25, 0.3) is 0 Å². The number of hydrogen-bond donors (Lipinski definition) is 1. The van der Waals surface area contributed by atoms with Crippen LogP contribution in [0.15, 0.2) is 35.1 Å². The van der Waals surface area contributed by atoms with Crippen molar-refractivity contribution in [2.45, 2.75) is 13.5 Å². The molecule has 0 amide bonds. The van der Waals surface area contributed by atoms with E-state index in [4.69, 9.17) is 12.2 Å². The van der Waals surface area contributed by atoms with Gasteiger partial charge in [-0.15, -0.1) is 0 Å². The Morgan fingerprint density at radius 3 is 3.00 bits per heavy atom. The molecule has 0 radical (unpaired) electrons. The number of H-pyrrole nitrogens is 1. The highest BCUT2D eigenvalue weighted by Crippen LogP contribution is 2.24. The molecule has 102 valence electrons. The van der Waals surface area contributed by atoms with Crippen molar-refractivity contribution in [1.82, 2.24) is 14.5 Å². The van der Waals surface area contributed by atoms with E-state index < -0.39 is 0 Å². The maximum Gasteiger partial charge on any atom is 0.178 e. The van der Waals surface area contributed by atoms with Crippen LogP contribution < -0.4 is 0 Å². The van der Waals surface area contributed by atoms with Gasteiger partial charge in [0.2, 0.25) is 0 Å². The van der Waals surface area contributed by atoms with Gasteiger partial charge in [-0.25, -0.2) is 4.39 Å². The van der Waals surface area contributed by atoms with Crippen LogP contribution in [0.2, 0.25) is 0 Å². The van der Waals surface area contributed by atoms with E-state index in [0.29, 0.717) is 21.3 Å². The first-order chi connectivity index (χ1) is 9.56. The smallest absolute Gasteiger partial charge is 0.178 e.